The van der Waals surface area contributed by atoms with Crippen molar-refractivity contribution < 1.29 is 9.59 Å². The van der Waals surface area contributed by atoms with Gasteiger partial charge in [-0.1, -0.05) is 70.5 Å². The molecule has 0 aliphatic carbocycles. The maximum Gasteiger partial charge on any atom is 0.231 e. The molecule has 0 aliphatic heterocycles. The Morgan fingerprint density at radius 3 is 2.07 bits per heavy atom. The Hall–Kier alpha value is -2.73. The van der Waals surface area contributed by atoms with Crippen LogP contribution in [0.2, 0.25) is 5.02 Å². The molecule has 1 unspecified atom stereocenters. The second kappa shape index (κ2) is 10.3. The predicted molar refractivity (Wildman–Crippen MR) is 123 cm³/mol. The summed E-state index contributed by atoms with van der Waals surface area (Å²) < 4.78 is 0. The van der Waals surface area contributed by atoms with Gasteiger partial charge in [-0.3, -0.25) is 14.9 Å². The van der Waals surface area contributed by atoms with E-state index in [1.165, 1.54) is 0 Å². The summed E-state index contributed by atoms with van der Waals surface area (Å²) in [6.07, 6.45) is 3.92. The number of aromatic nitrogens is 2. The van der Waals surface area contributed by atoms with Crippen LogP contribution < -0.4 is 10.6 Å². The van der Waals surface area contributed by atoms with Gasteiger partial charge in [0.2, 0.25) is 17.8 Å². The Morgan fingerprint density at radius 2 is 1.50 bits per heavy atom. The summed E-state index contributed by atoms with van der Waals surface area (Å²) in [6, 6.07) is 7.67. The van der Waals surface area contributed by atoms with Crippen LogP contribution in [0.3, 0.4) is 0 Å². The van der Waals surface area contributed by atoms with Crippen molar-refractivity contribution in [2.75, 3.05) is 10.6 Å². The zero-order chi connectivity index (χ0) is 22.4. The second-order valence-corrected chi connectivity index (χ2v) is 8.32. The van der Waals surface area contributed by atoms with Crippen LogP contribution in [0, 0.1) is 18.8 Å². The van der Waals surface area contributed by atoms with Gasteiger partial charge in [0.05, 0.1) is 5.69 Å². The van der Waals surface area contributed by atoms with Crippen molar-refractivity contribution in [3.8, 4) is 0 Å². The van der Waals surface area contributed by atoms with E-state index in [1.54, 1.807) is 13.8 Å². The van der Waals surface area contributed by atoms with E-state index in [0.717, 1.165) is 5.56 Å². The molecular formula is C23H29ClN4O2. The van der Waals surface area contributed by atoms with E-state index in [2.05, 4.69) is 27.5 Å². The van der Waals surface area contributed by atoms with Gasteiger partial charge in [-0.25, -0.2) is 4.98 Å². The smallest absolute Gasteiger partial charge is 0.231 e. The number of halogens is 1. The van der Waals surface area contributed by atoms with Crippen LogP contribution >= 0.6 is 11.6 Å². The summed E-state index contributed by atoms with van der Waals surface area (Å²) in [5, 5.41) is 6.25. The minimum absolute atomic E-state index is 0.121. The molecule has 0 aliphatic rings. The fourth-order valence-corrected chi connectivity index (χ4v) is 2.69. The van der Waals surface area contributed by atoms with Crippen molar-refractivity contribution in [2.24, 2.45) is 11.8 Å². The molecule has 0 radical (unpaired) electrons. The van der Waals surface area contributed by atoms with Crippen molar-refractivity contribution in [3.05, 3.63) is 52.2 Å². The highest BCUT2D eigenvalue weighted by Crippen LogP contribution is 2.25. The average Bonchev–Trinajstić information content (AvgIpc) is 2.67. The van der Waals surface area contributed by atoms with Gasteiger partial charge in [0.15, 0.2) is 0 Å². The van der Waals surface area contributed by atoms with E-state index >= 15 is 0 Å². The minimum atomic E-state index is -0.209. The number of nitrogens with one attached hydrogen (secondary N) is 2. The molecule has 0 saturated carbocycles. The maximum absolute atomic E-state index is 12.3. The predicted octanol–water partition coefficient (Wildman–Crippen LogP) is 5.44. The molecule has 1 heterocycles. The molecule has 0 bridgehead atoms. The number of amides is 2. The van der Waals surface area contributed by atoms with Crippen molar-refractivity contribution in [1.29, 1.82) is 0 Å². The van der Waals surface area contributed by atoms with Crippen LogP contribution in [0.15, 0.2) is 30.3 Å². The molecule has 7 heteroatoms. The monoisotopic (exact) mass is 428 g/mol. The van der Waals surface area contributed by atoms with Gasteiger partial charge in [-0.05, 0) is 30.5 Å². The lowest BCUT2D eigenvalue weighted by Gasteiger charge is -2.15. The first-order valence-electron chi connectivity index (χ1n) is 10.0. The van der Waals surface area contributed by atoms with Crippen LogP contribution in [-0.2, 0) is 9.59 Å². The third-order valence-electron chi connectivity index (χ3n) is 4.61. The lowest BCUT2D eigenvalue weighted by atomic mass is 9.99. The van der Waals surface area contributed by atoms with E-state index in [0.29, 0.717) is 22.1 Å². The summed E-state index contributed by atoms with van der Waals surface area (Å²) in [4.78, 5) is 33.2. The van der Waals surface area contributed by atoms with E-state index in [9.17, 15) is 9.59 Å². The number of nitrogens with zero attached hydrogens (tertiary/aromatic N) is 2. The Kier molecular flexibility index (Phi) is 8.12. The normalized spacial score (nSPS) is 12.4. The van der Waals surface area contributed by atoms with Gasteiger partial charge in [-0.2, -0.15) is 4.98 Å². The van der Waals surface area contributed by atoms with Crippen molar-refractivity contribution in [2.45, 2.75) is 47.5 Å². The lowest BCUT2D eigenvalue weighted by Crippen LogP contribution is -2.23. The highest BCUT2D eigenvalue weighted by atomic mass is 35.5. The van der Waals surface area contributed by atoms with Gasteiger partial charge in [0.25, 0.3) is 0 Å². The molecule has 0 saturated heterocycles. The summed E-state index contributed by atoms with van der Waals surface area (Å²) in [6.45, 7) is 11.1. The topological polar surface area (TPSA) is 84.0 Å². The van der Waals surface area contributed by atoms with E-state index in [1.807, 2.05) is 57.2 Å². The van der Waals surface area contributed by atoms with Gasteiger partial charge >= 0.3 is 0 Å². The molecule has 1 atom stereocenters. The van der Waals surface area contributed by atoms with Crippen LogP contribution in [0.25, 0.3) is 6.08 Å². The van der Waals surface area contributed by atoms with E-state index < -0.39 is 0 Å². The first-order valence-corrected chi connectivity index (χ1v) is 10.4. The minimum Gasteiger partial charge on any atom is -0.310 e. The number of carbonyl (C=O) groups excluding carboxylic acids is 2. The molecule has 30 heavy (non-hydrogen) atoms. The quantitative estimate of drug-likeness (QED) is 0.614. The number of benzene rings is 1. The molecule has 1 aromatic heterocycles. The second-order valence-electron chi connectivity index (χ2n) is 7.88. The fourth-order valence-electron chi connectivity index (χ4n) is 2.57. The molecular weight excluding hydrogens is 400 g/mol. The summed E-state index contributed by atoms with van der Waals surface area (Å²) in [5.74, 6) is -0.0883. The first-order chi connectivity index (χ1) is 14.1. The Labute approximate surface area is 183 Å². The summed E-state index contributed by atoms with van der Waals surface area (Å²) in [7, 11) is 0. The van der Waals surface area contributed by atoms with Crippen LogP contribution in [0.4, 0.5) is 11.8 Å². The summed E-state index contributed by atoms with van der Waals surface area (Å²) >= 11 is 5.97. The molecule has 2 N–H and O–H groups in total. The highest BCUT2D eigenvalue weighted by molar-refractivity contribution is 6.30. The maximum atomic E-state index is 12.3. The van der Waals surface area contributed by atoms with Gasteiger partial charge in [0.1, 0.15) is 5.82 Å². The number of hydrogen-bond acceptors (Lipinski definition) is 4. The molecule has 0 spiro atoms. The van der Waals surface area contributed by atoms with Gasteiger partial charge in [0, 0.05) is 22.4 Å². The number of rotatable bonds is 7. The van der Waals surface area contributed by atoms with E-state index in [4.69, 9.17) is 11.6 Å². The Bertz CT molecular complexity index is 937. The van der Waals surface area contributed by atoms with Crippen LogP contribution in [-0.4, -0.2) is 21.8 Å². The number of carbonyl (C=O) groups is 2. The van der Waals surface area contributed by atoms with Crippen molar-refractivity contribution in [3.63, 3.8) is 0 Å². The third-order valence-corrected chi connectivity index (χ3v) is 4.86. The number of anilines is 2. The zero-order valence-corrected chi connectivity index (χ0v) is 19.0. The molecule has 2 rings (SSSR count). The number of allylic oxidation sites excluding steroid dienone is 1. The molecule has 6 nitrogen and oxygen atoms in total. The largest absolute Gasteiger partial charge is 0.310 e. The number of aryl methyl sites for hydroxylation is 1. The molecule has 160 valence electrons. The third kappa shape index (κ3) is 6.39. The standard InChI is InChI=1S/C23H29ClN4O2/c1-13(2)21(29)26-20-19(12-7-15(5)17-8-10-18(24)11-9-17)16(6)25-23(27-20)28-22(30)14(3)4/h7-15H,1-6H3,(H2,25,26,27,28,29,30)/b12-7+. The number of hydrogen-bond donors (Lipinski definition) is 2. The van der Waals surface area contributed by atoms with Gasteiger partial charge < -0.3 is 5.32 Å². The van der Waals surface area contributed by atoms with Gasteiger partial charge in [-0.15, -0.1) is 0 Å². The lowest BCUT2D eigenvalue weighted by molar-refractivity contribution is -0.119. The zero-order valence-electron chi connectivity index (χ0n) is 18.3. The molecule has 1 aromatic carbocycles. The summed E-state index contributed by atoms with van der Waals surface area (Å²) in [5.41, 5.74) is 2.47. The molecule has 0 fully saturated rings. The van der Waals surface area contributed by atoms with E-state index in [-0.39, 0.29) is 35.5 Å². The Balaban J connectivity index is 2.38. The van der Waals surface area contributed by atoms with Crippen LogP contribution in [0.5, 0.6) is 0 Å². The Morgan fingerprint density at radius 1 is 0.933 bits per heavy atom. The highest BCUT2D eigenvalue weighted by Gasteiger charge is 2.17. The SMILES string of the molecule is Cc1nc(NC(=O)C(C)C)nc(NC(=O)C(C)C)c1/C=C/C(C)c1ccc(Cl)cc1. The van der Waals surface area contributed by atoms with Crippen molar-refractivity contribution in [1.82, 2.24) is 9.97 Å². The molecule has 2 aromatic rings. The average molecular weight is 429 g/mol. The van der Waals surface area contributed by atoms with Crippen LogP contribution in [0.1, 0.15) is 57.4 Å². The molecule has 2 amide bonds. The first kappa shape index (κ1) is 23.5. The van der Waals surface area contributed by atoms with Crippen molar-refractivity contribution >= 4 is 41.3 Å². The fraction of sp³-hybridized carbons (Fsp3) is 0.391.